The standard InChI is InChI=1S/C20H15FN4O2Se/c21-13-4-3-5-14(9-13)24-19(27)17-11-23-20(28-17)25-18(26)8-12-10-22-16-7-2-1-6-15(12)16/h1-7,9-11,22H,8H2,(H,24,27)(H,23,25,26). The van der Waals surface area contributed by atoms with Crippen LogP contribution in [0, 0.1) is 5.82 Å². The van der Waals surface area contributed by atoms with E-state index >= 15 is 0 Å². The Morgan fingerprint density at radius 3 is 2.82 bits per heavy atom. The number of carbonyl (C=O) groups excluding carboxylic acids is 2. The van der Waals surface area contributed by atoms with Crippen molar-refractivity contribution in [2.24, 2.45) is 0 Å². The predicted molar refractivity (Wildman–Crippen MR) is 106 cm³/mol. The molecule has 28 heavy (non-hydrogen) atoms. The Morgan fingerprint density at radius 2 is 1.96 bits per heavy atom. The number of para-hydroxylation sites is 1. The Kier molecular flexibility index (Phi) is 5.06. The number of aromatic amines is 1. The number of nitrogens with one attached hydrogen (secondary N) is 3. The third-order valence-electron chi connectivity index (χ3n) is 4.08. The zero-order valence-electron chi connectivity index (χ0n) is 14.5. The second-order valence-electron chi connectivity index (χ2n) is 6.08. The van der Waals surface area contributed by atoms with Crippen LogP contribution in [0.15, 0.2) is 60.9 Å². The number of hydrogen-bond acceptors (Lipinski definition) is 3. The normalized spacial score (nSPS) is 10.8. The van der Waals surface area contributed by atoms with E-state index in [0.717, 1.165) is 16.5 Å². The van der Waals surface area contributed by atoms with Crippen molar-refractivity contribution in [3.8, 4) is 0 Å². The topological polar surface area (TPSA) is 86.9 Å². The molecule has 0 radical (unpaired) electrons. The first-order chi connectivity index (χ1) is 13.6. The summed E-state index contributed by atoms with van der Waals surface area (Å²) in [7, 11) is 0. The zero-order chi connectivity index (χ0) is 19.5. The van der Waals surface area contributed by atoms with Gasteiger partial charge in [0, 0.05) is 0 Å². The summed E-state index contributed by atoms with van der Waals surface area (Å²) in [4.78, 5) is 31.9. The van der Waals surface area contributed by atoms with Gasteiger partial charge in [-0.15, -0.1) is 0 Å². The molecular formula is C20H15FN4O2Se. The van der Waals surface area contributed by atoms with E-state index in [-0.39, 0.29) is 18.2 Å². The van der Waals surface area contributed by atoms with Gasteiger partial charge in [-0.3, -0.25) is 0 Å². The summed E-state index contributed by atoms with van der Waals surface area (Å²) in [5.41, 5.74) is 2.25. The van der Waals surface area contributed by atoms with Gasteiger partial charge < -0.3 is 0 Å². The van der Waals surface area contributed by atoms with Gasteiger partial charge in [-0.1, -0.05) is 0 Å². The van der Waals surface area contributed by atoms with Crippen molar-refractivity contribution >= 4 is 47.6 Å². The first kappa shape index (κ1) is 18.2. The molecule has 3 N–H and O–H groups in total. The second-order valence-corrected chi connectivity index (χ2v) is 8.24. The van der Waals surface area contributed by atoms with Crippen LogP contribution in [0.2, 0.25) is 0 Å². The number of hydrogen-bond donors (Lipinski definition) is 3. The molecule has 4 rings (SSSR count). The number of H-pyrrole nitrogens is 1. The van der Waals surface area contributed by atoms with Gasteiger partial charge in [0.15, 0.2) is 0 Å². The maximum atomic E-state index is 13.2. The molecular weight excluding hydrogens is 426 g/mol. The molecule has 8 heteroatoms. The van der Waals surface area contributed by atoms with Gasteiger partial charge in [0.25, 0.3) is 0 Å². The fourth-order valence-corrected chi connectivity index (χ4v) is 4.34. The molecule has 2 aromatic carbocycles. The van der Waals surface area contributed by atoms with Gasteiger partial charge in [-0.05, 0) is 0 Å². The molecule has 0 spiro atoms. The molecule has 0 atom stereocenters. The monoisotopic (exact) mass is 442 g/mol. The molecule has 0 fully saturated rings. The van der Waals surface area contributed by atoms with Gasteiger partial charge >= 0.3 is 165 Å². The summed E-state index contributed by atoms with van der Waals surface area (Å²) >= 11 is -0.423. The number of rotatable bonds is 5. The van der Waals surface area contributed by atoms with Crippen molar-refractivity contribution in [3.05, 3.63) is 76.7 Å². The van der Waals surface area contributed by atoms with Gasteiger partial charge in [-0.25, -0.2) is 0 Å². The van der Waals surface area contributed by atoms with E-state index in [0.29, 0.717) is 14.8 Å². The molecule has 0 aliphatic heterocycles. The molecule has 0 aliphatic carbocycles. The average Bonchev–Trinajstić information content (AvgIpc) is 3.29. The second kappa shape index (κ2) is 7.80. The Hall–Kier alpha value is -3.22. The van der Waals surface area contributed by atoms with E-state index in [9.17, 15) is 14.0 Å². The fourth-order valence-electron chi connectivity index (χ4n) is 2.81. The van der Waals surface area contributed by atoms with Crippen LogP contribution in [0.1, 0.15) is 14.8 Å². The summed E-state index contributed by atoms with van der Waals surface area (Å²) < 4.78 is 14.2. The first-order valence-corrected chi connectivity index (χ1v) is 10.2. The third-order valence-corrected chi connectivity index (χ3v) is 6.00. The zero-order valence-corrected chi connectivity index (χ0v) is 16.2. The van der Waals surface area contributed by atoms with Crippen LogP contribution in [0.4, 0.5) is 14.8 Å². The average molecular weight is 441 g/mol. The molecule has 0 bridgehead atoms. The van der Waals surface area contributed by atoms with E-state index in [1.807, 2.05) is 30.5 Å². The first-order valence-electron chi connectivity index (χ1n) is 8.46. The number of aromatic nitrogens is 2. The van der Waals surface area contributed by atoms with Crippen molar-refractivity contribution in [3.63, 3.8) is 0 Å². The summed E-state index contributed by atoms with van der Waals surface area (Å²) in [6.45, 7) is 0. The maximum absolute atomic E-state index is 13.2. The number of halogens is 1. The number of benzene rings is 2. The number of nitrogens with zero attached hydrogens (tertiary/aromatic N) is 1. The molecule has 2 aromatic heterocycles. The van der Waals surface area contributed by atoms with Gasteiger partial charge in [0.2, 0.25) is 0 Å². The SMILES string of the molecule is O=C(Cc1c[nH]c2ccccc12)Nc1ncc(C(=O)Nc2cccc(F)c2)[se]1. The van der Waals surface area contributed by atoms with E-state index in [2.05, 4.69) is 20.6 Å². The van der Waals surface area contributed by atoms with E-state index < -0.39 is 20.3 Å². The Morgan fingerprint density at radius 1 is 1.11 bits per heavy atom. The molecule has 0 aliphatic rings. The predicted octanol–water partition coefficient (Wildman–Crippen LogP) is 3.19. The minimum absolute atomic E-state index is 0.189. The van der Waals surface area contributed by atoms with E-state index in [1.54, 1.807) is 6.07 Å². The molecule has 0 saturated heterocycles. The Balaban J connectivity index is 1.40. The van der Waals surface area contributed by atoms with Crippen molar-refractivity contribution in [1.29, 1.82) is 0 Å². The van der Waals surface area contributed by atoms with Crippen LogP contribution in [-0.2, 0) is 11.2 Å². The molecule has 6 nitrogen and oxygen atoms in total. The minimum atomic E-state index is -0.426. The van der Waals surface area contributed by atoms with Crippen LogP contribution >= 0.6 is 0 Å². The molecule has 0 unspecified atom stereocenters. The van der Waals surface area contributed by atoms with Crippen molar-refractivity contribution < 1.29 is 14.0 Å². The van der Waals surface area contributed by atoms with Crippen LogP contribution in [0.3, 0.4) is 0 Å². The van der Waals surface area contributed by atoms with Gasteiger partial charge in [-0.2, -0.15) is 0 Å². The Labute approximate surface area is 165 Å². The van der Waals surface area contributed by atoms with Gasteiger partial charge in [0.1, 0.15) is 0 Å². The third kappa shape index (κ3) is 4.03. The number of amides is 2. The number of fused-ring (bicyclic) bond motifs is 1. The van der Waals surface area contributed by atoms with Crippen molar-refractivity contribution in [1.82, 2.24) is 9.97 Å². The molecule has 4 aromatic rings. The quantitative estimate of drug-likeness (QED) is 0.416. The summed E-state index contributed by atoms with van der Waals surface area (Å²) in [6.07, 6.45) is 3.47. The van der Waals surface area contributed by atoms with Gasteiger partial charge in [0.05, 0.1) is 0 Å². The molecule has 2 amide bonds. The molecule has 140 valence electrons. The van der Waals surface area contributed by atoms with E-state index in [1.165, 1.54) is 24.4 Å². The number of anilines is 2. The summed E-state index contributed by atoms with van der Waals surface area (Å²) in [5, 5.41) is 6.41. The molecule has 2 heterocycles. The van der Waals surface area contributed by atoms with Crippen LogP contribution in [0.25, 0.3) is 10.9 Å². The van der Waals surface area contributed by atoms with Crippen LogP contribution in [0.5, 0.6) is 0 Å². The van der Waals surface area contributed by atoms with Crippen LogP contribution in [-0.4, -0.2) is 36.3 Å². The Bertz CT molecular complexity index is 1170. The fraction of sp³-hybridized carbons (Fsp3) is 0.0500. The van der Waals surface area contributed by atoms with E-state index in [4.69, 9.17) is 0 Å². The van der Waals surface area contributed by atoms with Crippen molar-refractivity contribution in [2.45, 2.75) is 6.42 Å². The van der Waals surface area contributed by atoms with Crippen LogP contribution < -0.4 is 10.6 Å². The summed E-state index contributed by atoms with van der Waals surface area (Å²) in [5.74, 6) is -0.967. The number of carbonyl (C=O) groups is 2. The summed E-state index contributed by atoms with van der Waals surface area (Å²) in [6, 6.07) is 13.4. The van der Waals surface area contributed by atoms with Crippen molar-refractivity contribution in [2.75, 3.05) is 10.6 Å². The molecule has 0 saturated carbocycles.